The molecule has 0 fully saturated rings. The molecule has 0 amide bonds. The Hall–Kier alpha value is -1.11. The lowest BCUT2D eigenvalue weighted by Gasteiger charge is -2.27. The minimum absolute atomic E-state index is 0.267. The summed E-state index contributed by atoms with van der Waals surface area (Å²) in [6, 6.07) is 8.68. The molecule has 1 aromatic carbocycles. The zero-order chi connectivity index (χ0) is 12.2. The van der Waals surface area contributed by atoms with Crippen LogP contribution in [0.5, 0.6) is 0 Å². The molecule has 0 N–H and O–H groups in total. The van der Waals surface area contributed by atoms with Crippen LogP contribution in [0.15, 0.2) is 24.3 Å². The van der Waals surface area contributed by atoms with E-state index in [4.69, 9.17) is 0 Å². The molecule has 1 heterocycles. The molecule has 0 unspecified atom stereocenters. The standard InChI is InChI=1S/C13H18N.C2H6/c1-4-14-10-12-8-6-5-7-11(12)9-13(14,2)3;1-2/h5-8,10H,4,9H2,1-3H3;1-2H3/q+1;. The predicted molar refractivity (Wildman–Crippen MR) is 71.5 cm³/mol. The van der Waals surface area contributed by atoms with Crippen LogP contribution in [0, 0.1) is 0 Å². The fourth-order valence-electron chi connectivity index (χ4n) is 2.25. The normalized spacial score (nSPS) is 16.7. The summed E-state index contributed by atoms with van der Waals surface area (Å²) in [6.07, 6.45) is 3.44. The Labute approximate surface area is 99.8 Å². The Kier molecular flexibility index (Phi) is 4.28. The van der Waals surface area contributed by atoms with E-state index in [1.807, 2.05) is 13.8 Å². The Bertz CT molecular complexity index is 375. The van der Waals surface area contributed by atoms with E-state index in [1.165, 1.54) is 11.1 Å². The first-order valence-electron chi connectivity index (χ1n) is 6.33. The Morgan fingerprint density at radius 1 is 1.19 bits per heavy atom. The van der Waals surface area contributed by atoms with Crippen molar-refractivity contribution in [2.24, 2.45) is 0 Å². The molecule has 88 valence electrons. The lowest BCUT2D eigenvalue weighted by atomic mass is 9.88. The zero-order valence-corrected chi connectivity index (χ0v) is 11.2. The lowest BCUT2D eigenvalue weighted by molar-refractivity contribution is -0.595. The molecule has 1 nitrogen and oxygen atoms in total. The molecule has 0 atom stereocenters. The predicted octanol–water partition coefficient (Wildman–Crippen LogP) is 3.50. The van der Waals surface area contributed by atoms with Crippen molar-refractivity contribution in [1.82, 2.24) is 0 Å². The number of rotatable bonds is 1. The average molecular weight is 218 g/mol. The van der Waals surface area contributed by atoms with E-state index >= 15 is 0 Å². The van der Waals surface area contributed by atoms with Crippen LogP contribution in [0.4, 0.5) is 0 Å². The highest BCUT2D eigenvalue weighted by atomic mass is 15.1. The third kappa shape index (κ3) is 2.52. The fourth-order valence-corrected chi connectivity index (χ4v) is 2.25. The molecule has 2 rings (SSSR count). The molecular formula is C15H24N+. The van der Waals surface area contributed by atoms with Gasteiger partial charge in [-0.1, -0.05) is 32.0 Å². The van der Waals surface area contributed by atoms with Crippen LogP contribution in [0.1, 0.15) is 45.7 Å². The quantitative estimate of drug-likeness (QED) is 0.635. The smallest absolute Gasteiger partial charge is 0.171 e. The van der Waals surface area contributed by atoms with Crippen molar-refractivity contribution in [3.05, 3.63) is 35.4 Å². The molecule has 0 spiro atoms. The van der Waals surface area contributed by atoms with E-state index in [2.05, 4.69) is 55.8 Å². The van der Waals surface area contributed by atoms with Crippen molar-refractivity contribution in [2.45, 2.75) is 46.6 Å². The summed E-state index contributed by atoms with van der Waals surface area (Å²) in [5.41, 5.74) is 3.12. The van der Waals surface area contributed by atoms with E-state index in [0.29, 0.717) is 0 Å². The van der Waals surface area contributed by atoms with Gasteiger partial charge in [0.2, 0.25) is 0 Å². The Morgan fingerprint density at radius 3 is 2.44 bits per heavy atom. The van der Waals surface area contributed by atoms with Crippen molar-refractivity contribution in [2.75, 3.05) is 6.54 Å². The van der Waals surface area contributed by atoms with Crippen molar-refractivity contribution in [3.63, 3.8) is 0 Å². The molecule has 1 aliphatic rings. The highest BCUT2D eigenvalue weighted by Gasteiger charge is 2.33. The second-order valence-electron chi connectivity index (χ2n) is 4.60. The molecule has 0 saturated carbocycles. The van der Waals surface area contributed by atoms with Crippen LogP contribution in [0.2, 0.25) is 0 Å². The maximum atomic E-state index is 2.43. The van der Waals surface area contributed by atoms with Gasteiger partial charge in [-0.2, -0.15) is 0 Å². The summed E-state index contributed by atoms with van der Waals surface area (Å²) >= 11 is 0. The van der Waals surface area contributed by atoms with Gasteiger partial charge in [0.05, 0.1) is 0 Å². The van der Waals surface area contributed by atoms with E-state index in [0.717, 1.165) is 13.0 Å². The summed E-state index contributed by atoms with van der Waals surface area (Å²) in [7, 11) is 0. The van der Waals surface area contributed by atoms with Crippen molar-refractivity contribution in [1.29, 1.82) is 0 Å². The van der Waals surface area contributed by atoms with Gasteiger partial charge < -0.3 is 0 Å². The fraction of sp³-hybridized carbons (Fsp3) is 0.533. The first-order chi connectivity index (χ1) is 7.63. The van der Waals surface area contributed by atoms with E-state index in [9.17, 15) is 0 Å². The summed E-state index contributed by atoms with van der Waals surface area (Å²) in [6.45, 7) is 11.9. The lowest BCUT2D eigenvalue weighted by Crippen LogP contribution is -2.42. The Morgan fingerprint density at radius 2 is 1.81 bits per heavy atom. The van der Waals surface area contributed by atoms with Gasteiger partial charge in [-0.05, 0) is 18.6 Å². The molecule has 0 saturated heterocycles. The topological polar surface area (TPSA) is 3.01 Å². The number of fused-ring (bicyclic) bond motifs is 1. The van der Waals surface area contributed by atoms with E-state index in [1.54, 1.807) is 0 Å². The average Bonchev–Trinajstić information content (AvgIpc) is 2.29. The number of nitrogens with zero attached hydrogens (tertiary/aromatic N) is 1. The van der Waals surface area contributed by atoms with Crippen molar-refractivity contribution >= 4 is 6.21 Å². The summed E-state index contributed by atoms with van der Waals surface area (Å²) < 4.78 is 2.43. The second-order valence-corrected chi connectivity index (χ2v) is 4.60. The zero-order valence-electron chi connectivity index (χ0n) is 11.2. The van der Waals surface area contributed by atoms with Crippen LogP contribution >= 0.6 is 0 Å². The van der Waals surface area contributed by atoms with Gasteiger partial charge in [-0.15, -0.1) is 0 Å². The Balaban J connectivity index is 0.000000606. The molecule has 1 heteroatoms. The van der Waals surface area contributed by atoms with Gasteiger partial charge in [-0.3, -0.25) is 0 Å². The molecule has 1 aliphatic heterocycles. The number of hydrogen-bond acceptors (Lipinski definition) is 0. The van der Waals surface area contributed by atoms with Crippen LogP contribution in [-0.2, 0) is 6.42 Å². The van der Waals surface area contributed by atoms with Gasteiger partial charge in [0, 0.05) is 25.8 Å². The SMILES string of the molecule is CC.CC[N+]1=Cc2ccccc2CC1(C)C. The number of hydrogen-bond donors (Lipinski definition) is 0. The van der Waals surface area contributed by atoms with Gasteiger partial charge in [0.25, 0.3) is 0 Å². The maximum absolute atomic E-state index is 2.43. The third-order valence-electron chi connectivity index (χ3n) is 3.09. The largest absolute Gasteiger partial charge is 0.231 e. The highest BCUT2D eigenvalue weighted by molar-refractivity contribution is 5.79. The molecular weight excluding hydrogens is 194 g/mol. The molecule has 0 bridgehead atoms. The molecule has 1 aromatic rings. The number of benzene rings is 1. The van der Waals surface area contributed by atoms with Gasteiger partial charge in [-0.25, -0.2) is 4.58 Å². The van der Waals surface area contributed by atoms with Crippen LogP contribution in [-0.4, -0.2) is 22.9 Å². The van der Waals surface area contributed by atoms with Crippen LogP contribution in [0.3, 0.4) is 0 Å². The minimum Gasteiger partial charge on any atom is -0.231 e. The molecule has 16 heavy (non-hydrogen) atoms. The monoisotopic (exact) mass is 218 g/mol. The number of likely N-dealkylation sites (N-methyl/N-ethyl adjacent to an activating group) is 1. The maximum Gasteiger partial charge on any atom is 0.171 e. The van der Waals surface area contributed by atoms with E-state index < -0.39 is 0 Å². The summed E-state index contributed by atoms with van der Waals surface area (Å²) in [4.78, 5) is 0. The summed E-state index contributed by atoms with van der Waals surface area (Å²) in [5, 5.41) is 0. The first kappa shape index (κ1) is 13.0. The van der Waals surface area contributed by atoms with Gasteiger partial charge >= 0.3 is 0 Å². The third-order valence-corrected chi connectivity index (χ3v) is 3.09. The highest BCUT2D eigenvalue weighted by Crippen LogP contribution is 2.23. The van der Waals surface area contributed by atoms with E-state index in [-0.39, 0.29) is 5.54 Å². The molecule has 0 aromatic heterocycles. The second kappa shape index (κ2) is 5.29. The minimum atomic E-state index is 0.267. The summed E-state index contributed by atoms with van der Waals surface area (Å²) in [5.74, 6) is 0. The molecule has 0 radical (unpaired) electrons. The van der Waals surface area contributed by atoms with Gasteiger partial charge in [0.1, 0.15) is 6.54 Å². The molecule has 0 aliphatic carbocycles. The van der Waals surface area contributed by atoms with Crippen LogP contribution < -0.4 is 0 Å². The van der Waals surface area contributed by atoms with Crippen LogP contribution in [0.25, 0.3) is 0 Å². The van der Waals surface area contributed by atoms with Crippen molar-refractivity contribution in [3.8, 4) is 0 Å². The first-order valence-corrected chi connectivity index (χ1v) is 6.33. The van der Waals surface area contributed by atoms with Gasteiger partial charge in [0.15, 0.2) is 11.8 Å². The van der Waals surface area contributed by atoms with Crippen molar-refractivity contribution < 1.29 is 4.58 Å².